The molecule has 64 valence electrons. The van der Waals surface area contributed by atoms with Gasteiger partial charge in [0.05, 0.1) is 12.7 Å². The van der Waals surface area contributed by atoms with E-state index < -0.39 is 0 Å². The van der Waals surface area contributed by atoms with E-state index in [4.69, 9.17) is 10.8 Å². The average Bonchev–Trinajstić information content (AvgIpc) is 1.98. The molecule has 0 aliphatic rings. The zero-order valence-electron chi connectivity index (χ0n) is 7.30. The van der Waals surface area contributed by atoms with Crippen LogP contribution in [0.4, 0.5) is 0 Å². The minimum Gasteiger partial charge on any atom is -0.324 e. The molecule has 0 aromatic heterocycles. The number of nitrogens with zero attached hydrogens (tertiary/aromatic N) is 1. The van der Waals surface area contributed by atoms with Crippen LogP contribution >= 0.6 is 0 Å². The van der Waals surface area contributed by atoms with Crippen molar-refractivity contribution in [2.75, 3.05) is 6.54 Å². The lowest BCUT2D eigenvalue weighted by Gasteiger charge is -2.12. The molecule has 11 heavy (non-hydrogen) atoms. The van der Waals surface area contributed by atoms with Crippen molar-refractivity contribution >= 4 is 12.7 Å². The predicted molar refractivity (Wildman–Crippen MR) is 48.3 cm³/mol. The molecule has 3 heteroatoms. The highest BCUT2D eigenvalue weighted by molar-refractivity contribution is 5.71. The highest BCUT2D eigenvalue weighted by Crippen LogP contribution is 2.03. The third-order valence-electron chi connectivity index (χ3n) is 1.53. The van der Waals surface area contributed by atoms with E-state index >= 15 is 0 Å². The second kappa shape index (κ2) is 5.89. The molecule has 0 aromatic rings. The fourth-order valence-electron chi connectivity index (χ4n) is 0.848. The molecule has 0 aromatic carbocycles. The highest BCUT2D eigenvalue weighted by Gasteiger charge is 1.96. The molecule has 0 bridgehead atoms. The Labute approximate surface area is 68.4 Å². The van der Waals surface area contributed by atoms with Crippen molar-refractivity contribution in [1.82, 2.24) is 4.90 Å². The van der Waals surface area contributed by atoms with Gasteiger partial charge in [0.1, 0.15) is 0 Å². The zero-order chi connectivity index (χ0) is 8.69. The summed E-state index contributed by atoms with van der Waals surface area (Å²) in [6.45, 7) is 5.16. The SMILES string of the molecule is CC(C)CCCN(C=N)C=N. The quantitative estimate of drug-likeness (QED) is 0.447. The predicted octanol–water partition coefficient (Wildman–Crippen LogP) is 1.94. The fraction of sp³-hybridized carbons (Fsp3) is 0.750. The average molecular weight is 155 g/mol. The highest BCUT2D eigenvalue weighted by atomic mass is 15.1. The van der Waals surface area contributed by atoms with E-state index in [-0.39, 0.29) is 0 Å². The maximum Gasteiger partial charge on any atom is 0.0868 e. The van der Waals surface area contributed by atoms with Gasteiger partial charge < -0.3 is 4.90 Å². The molecule has 0 aliphatic carbocycles. The normalized spacial score (nSPS) is 9.73. The largest absolute Gasteiger partial charge is 0.324 e. The topological polar surface area (TPSA) is 50.9 Å². The fourth-order valence-corrected chi connectivity index (χ4v) is 0.848. The number of hydrogen-bond acceptors (Lipinski definition) is 2. The molecule has 0 amide bonds. The zero-order valence-corrected chi connectivity index (χ0v) is 7.30. The summed E-state index contributed by atoms with van der Waals surface area (Å²) in [5, 5.41) is 13.8. The summed E-state index contributed by atoms with van der Waals surface area (Å²) < 4.78 is 0. The van der Waals surface area contributed by atoms with Gasteiger partial charge >= 0.3 is 0 Å². The van der Waals surface area contributed by atoms with Crippen molar-refractivity contribution < 1.29 is 0 Å². The molecule has 2 N–H and O–H groups in total. The van der Waals surface area contributed by atoms with Gasteiger partial charge in [-0.15, -0.1) is 0 Å². The van der Waals surface area contributed by atoms with E-state index in [1.807, 2.05) is 0 Å². The van der Waals surface area contributed by atoms with Crippen molar-refractivity contribution in [3.05, 3.63) is 0 Å². The first-order chi connectivity index (χ1) is 5.20. The molecular formula is C8H17N3. The Balaban J connectivity index is 3.35. The molecule has 0 aliphatic heterocycles. The van der Waals surface area contributed by atoms with E-state index in [0.29, 0.717) is 5.92 Å². The number of hydrogen-bond donors (Lipinski definition) is 2. The lowest BCUT2D eigenvalue weighted by atomic mass is 10.1. The Bertz CT molecular complexity index is 113. The van der Waals surface area contributed by atoms with Gasteiger partial charge in [0, 0.05) is 6.54 Å². The van der Waals surface area contributed by atoms with Crippen LogP contribution in [0.15, 0.2) is 0 Å². The molecule has 0 unspecified atom stereocenters. The third kappa shape index (κ3) is 5.58. The smallest absolute Gasteiger partial charge is 0.0868 e. The second-order valence-electron chi connectivity index (χ2n) is 3.03. The Kier molecular flexibility index (Phi) is 5.43. The van der Waals surface area contributed by atoms with Gasteiger partial charge in [-0.2, -0.15) is 0 Å². The Morgan fingerprint density at radius 1 is 1.27 bits per heavy atom. The number of nitrogens with one attached hydrogen (secondary N) is 2. The monoisotopic (exact) mass is 155 g/mol. The van der Waals surface area contributed by atoms with Gasteiger partial charge in [-0.1, -0.05) is 13.8 Å². The molecule has 0 spiro atoms. The lowest BCUT2D eigenvalue weighted by Crippen LogP contribution is -2.20. The first-order valence-electron chi connectivity index (χ1n) is 3.97. The first kappa shape index (κ1) is 10.1. The minimum atomic E-state index is 0.716. The standard InChI is InChI=1S/C8H17N3/c1-8(2)4-3-5-11(6-9)7-10/h6-10H,3-5H2,1-2H3. The van der Waals surface area contributed by atoms with Crippen LogP contribution in [0.1, 0.15) is 26.7 Å². The molecule has 0 heterocycles. The number of rotatable bonds is 6. The van der Waals surface area contributed by atoms with Gasteiger partial charge in [0.15, 0.2) is 0 Å². The molecule has 3 nitrogen and oxygen atoms in total. The third-order valence-corrected chi connectivity index (χ3v) is 1.53. The van der Waals surface area contributed by atoms with E-state index in [2.05, 4.69) is 13.8 Å². The van der Waals surface area contributed by atoms with Gasteiger partial charge in [0.2, 0.25) is 0 Å². The van der Waals surface area contributed by atoms with E-state index in [9.17, 15) is 0 Å². The maximum atomic E-state index is 6.90. The summed E-state index contributed by atoms with van der Waals surface area (Å²) in [6, 6.07) is 0. The molecule has 0 fully saturated rings. The second-order valence-corrected chi connectivity index (χ2v) is 3.03. The van der Waals surface area contributed by atoms with Crippen LogP contribution in [0.5, 0.6) is 0 Å². The van der Waals surface area contributed by atoms with Gasteiger partial charge in [0.25, 0.3) is 0 Å². The van der Waals surface area contributed by atoms with Crippen LogP contribution in [0, 0.1) is 16.7 Å². The lowest BCUT2D eigenvalue weighted by molar-refractivity contribution is 0.502. The molecule has 0 saturated heterocycles. The summed E-state index contributed by atoms with van der Waals surface area (Å²) in [7, 11) is 0. The molecule has 0 saturated carbocycles. The van der Waals surface area contributed by atoms with Crippen LogP contribution in [0.2, 0.25) is 0 Å². The Hall–Kier alpha value is -0.860. The Morgan fingerprint density at radius 3 is 2.18 bits per heavy atom. The summed E-state index contributed by atoms with van der Waals surface area (Å²) in [5.74, 6) is 0.716. The van der Waals surface area contributed by atoms with E-state index in [1.165, 1.54) is 12.7 Å². The molecule has 0 atom stereocenters. The summed E-state index contributed by atoms with van der Waals surface area (Å²) in [6.07, 6.45) is 4.60. The van der Waals surface area contributed by atoms with Crippen LogP contribution in [0.25, 0.3) is 0 Å². The van der Waals surface area contributed by atoms with Gasteiger partial charge in [-0.3, -0.25) is 10.8 Å². The summed E-state index contributed by atoms with van der Waals surface area (Å²) in [4.78, 5) is 1.57. The van der Waals surface area contributed by atoms with Gasteiger partial charge in [-0.25, -0.2) is 0 Å². The summed E-state index contributed by atoms with van der Waals surface area (Å²) in [5.41, 5.74) is 0. The first-order valence-corrected chi connectivity index (χ1v) is 3.97. The maximum absolute atomic E-state index is 6.90. The van der Waals surface area contributed by atoms with Crippen LogP contribution in [-0.2, 0) is 0 Å². The van der Waals surface area contributed by atoms with Crippen molar-refractivity contribution in [2.45, 2.75) is 26.7 Å². The summed E-state index contributed by atoms with van der Waals surface area (Å²) >= 11 is 0. The minimum absolute atomic E-state index is 0.716. The Morgan fingerprint density at radius 2 is 1.82 bits per heavy atom. The molecule has 0 radical (unpaired) electrons. The molecular weight excluding hydrogens is 138 g/mol. The van der Waals surface area contributed by atoms with Crippen molar-refractivity contribution in [1.29, 1.82) is 10.8 Å². The van der Waals surface area contributed by atoms with Gasteiger partial charge in [-0.05, 0) is 18.8 Å². The van der Waals surface area contributed by atoms with Crippen LogP contribution in [0.3, 0.4) is 0 Å². The van der Waals surface area contributed by atoms with E-state index in [1.54, 1.807) is 4.90 Å². The van der Waals surface area contributed by atoms with Crippen LogP contribution < -0.4 is 0 Å². The van der Waals surface area contributed by atoms with E-state index in [0.717, 1.165) is 19.4 Å². The van der Waals surface area contributed by atoms with Crippen molar-refractivity contribution in [3.8, 4) is 0 Å². The van der Waals surface area contributed by atoms with Crippen molar-refractivity contribution in [3.63, 3.8) is 0 Å². The van der Waals surface area contributed by atoms with Crippen LogP contribution in [-0.4, -0.2) is 24.1 Å². The van der Waals surface area contributed by atoms with Crippen molar-refractivity contribution in [2.24, 2.45) is 5.92 Å². The molecule has 0 rings (SSSR count).